The van der Waals surface area contributed by atoms with Crippen LogP contribution in [0.5, 0.6) is 17.2 Å². The lowest BCUT2D eigenvalue weighted by Crippen LogP contribution is -1.96. The van der Waals surface area contributed by atoms with E-state index < -0.39 is 11.9 Å². The molecule has 0 heterocycles. The lowest BCUT2D eigenvalue weighted by Gasteiger charge is -2.13. The maximum atomic E-state index is 14.0. The van der Waals surface area contributed by atoms with Crippen LogP contribution in [0.15, 0.2) is 36.4 Å². The van der Waals surface area contributed by atoms with Gasteiger partial charge in [0.15, 0.2) is 23.1 Å². The van der Waals surface area contributed by atoms with Gasteiger partial charge in [-0.3, -0.25) is 0 Å². The molecule has 1 N–H and O–H groups in total. The fourth-order valence-corrected chi connectivity index (χ4v) is 1.99. The van der Waals surface area contributed by atoms with Gasteiger partial charge in [0.25, 0.3) is 0 Å². The van der Waals surface area contributed by atoms with Crippen LogP contribution >= 0.6 is 0 Å². The topological polar surface area (TPSA) is 38.7 Å². The van der Waals surface area contributed by atoms with Crippen LogP contribution in [0, 0.1) is 5.82 Å². The first-order chi connectivity index (χ1) is 10.0. The van der Waals surface area contributed by atoms with Gasteiger partial charge < -0.3 is 14.6 Å². The van der Waals surface area contributed by atoms with E-state index in [0.29, 0.717) is 17.1 Å². The summed E-state index contributed by atoms with van der Waals surface area (Å²) < 4.78 is 24.9. The van der Waals surface area contributed by atoms with Crippen LogP contribution < -0.4 is 9.47 Å². The van der Waals surface area contributed by atoms with Gasteiger partial charge >= 0.3 is 0 Å². The molecule has 0 aliphatic rings. The fourth-order valence-electron chi connectivity index (χ4n) is 1.99. The summed E-state index contributed by atoms with van der Waals surface area (Å²) >= 11 is 0. The Morgan fingerprint density at radius 3 is 2.38 bits per heavy atom. The van der Waals surface area contributed by atoms with Gasteiger partial charge in [-0.1, -0.05) is 19.1 Å². The van der Waals surface area contributed by atoms with E-state index >= 15 is 0 Å². The van der Waals surface area contributed by atoms with Gasteiger partial charge in [0, 0.05) is 0 Å². The number of hydrogen-bond acceptors (Lipinski definition) is 3. The van der Waals surface area contributed by atoms with Gasteiger partial charge in [0.05, 0.1) is 13.2 Å². The third kappa shape index (κ3) is 3.52. The second-order valence-electron chi connectivity index (χ2n) is 4.81. The van der Waals surface area contributed by atoms with Crippen LogP contribution in [0.3, 0.4) is 0 Å². The summed E-state index contributed by atoms with van der Waals surface area (Å²) in [5.74, 6) is 0.601. The molecule has 0 radical (unpaired) electrons. The zero-order chi connectivity index (χ0) is 15.4. The predicted molar refractivity (Wildman–Crippen MR) is 79.5 cm³/mol. The summed E-state index contributed by atoms with van der Waals surface area (Å²) in [4.78, 5) is 0. The molecule has 2 aromatic rings. The summed E-state index contributed by atoms with van der Waals surface area (Å²) in [6.07, 6.45) is 0.167. The van der Waals surface area contributed by atoms with Crippen molar-refractivity contribution in [3.63, 3.8) is 0 Å². The Morgan fingerprint density at radius 1 is 1.10 bits per heavy atom. The van der Waals surface area contributed by atoms with Gasteiger partial charge in [-0.2, -0.15) is 0 Å². The molecule has 0 amide bonds. The molecule has 3 nitrogen and oxygen atoms in total. The number of aryl methyl sites for hydroxylation is 1. The summed E-state index contributed by atoms with van der Waals surface area (Å²) in [5.41, 5.74) is 1.62. The number of benzene rings is 2. The fraction of sp³-hybridized carbons (Fsp3) is 0.294. The van der Waals surface area contributed by atoms with Crippen molar-refractivity contribution in [1.29, 1.82) is 0 Å². The molecular weight excluding hydrogens is 271 g/mol. The highest BCUT2D eigenvalue weighted by molar-refractivity contribution is 5.46. The number of halogens is 1. The Morgan fingerprint density at radius 2 is 1.81 bits per heavy atom. The zero-order valence-corrected chi connectivity index (χ0v) is 12.4. The van der Waals surface area contributed by atoms with E-state index in [1.807, 2.05) is 19.1 Å². The average Bonchev–Trinajstić information content (AvgIpc) is 2.49. The number of methoxy groups -OCH3 is 1. The molecule has 0 saturated carbocycles. The van der Waals surface area contributed by atoms with Crippen molar-refractivity contribution in [2.24, 2.45) is 0 Å². The van der Waals surface area contributed by atoms with Crippen molar-refractivity contribution in [3.8, 4) is 17.2 Å². The largest absolute Gasteiger partial charge is 0.493 e. The molecule has 0 aliphatic heterocycles. The maximum Gasteiger partial charge on any atom is 0.169 e. The van der Waals surface area contributed by atoms with Crippen molar-refractivity contribution in [3.05, 3.63) is 53.3 Å². The molecular formula is C17H19FO3. The Bertz CT molecular complexity index is 623. The minimum Gasteiger partial charge on any atom is -0.493 e. The zero-order valence-electron chi connectivity index (χ0n) is 12.4. The molecule has 4 heteroatoms. The van der Waals surface area contributed by atoms with E-state index in [9.17, 15) is 9.50 Å². The lowest BCUT2D eigenvalue weighted by molar-refractivity contribution is 0.198. The average molecular weight is 290 g/mol. The summed E-state index contributed by atoms with van der Waals surface area (Å²) in [6, 6.07) is 9.96. The number of rotatable bonds is 5. The van der Waals surface area contributed by atoms with Crippen LogP contribution in [-0.4, -0.2) is 12.2 Å². The highest BCUT2D eigenvalue weighted by Crippen LogP contribution is 2.34. The quantitative estimate of drug-likeness (QED) is 0.895. The molecule has 0 fully saturated rings. The minimum absolute atomic E-state index is 0.0990. The smallest absolute Gasteiger partial charge is 0.169 e. The Kier molecular flexibility index (Phi) is 4.81. The molecule has 0 bridgehead atoms. The van der Waals surface area contributed by atoms with E-state index in [4.69, 9.17) is 9.47 Å². The third-order valence-corrected chi connectivity index (χ3v) is 3.29. The van der Waals surface area contributed by atoms with Gasteiger partial charge in [-0.05, 0) is 48.7 Å². The maximum absolute atomic E-state index is 14.0. The van der Waals surface area contributed by atoms with Crippen molar-refractivity contribution in [1.82, 2.24) is 0 Å². The summed E-state index contributed by atoms with van der Waals surface area (Å²) in [6.45, 7) is 3.63. The Hall–Kier alpha value is -2.07. The second-order valence-corrected chi connectivity index (χ2v) is 4.81. The van der Waals surface area contributed by atoms with Gasteiger partial charge in [-0.25, -0.2) is 4.39 Å². The normalized spacial score (nSPS) is 12.0. The lowest BCUT2D eigenvalue weighted by atomic mass is 10.1. The van der Waals surface area contributed by atoms with Crippen molar-refractivity contribution in [2.45, 2.75) is 26.4 Å². The van der Waals surface area contributed by atoms with Gasteiger partial charge in [0.2, 0.25) is 0 Å². The van der Waals surface area contributed by atoms with Crippen LogP contribution in [0.25, 0.3) is 0 Å². The molecule has 0 aromatic heterocycles. The standard InChI is InChI=1S/C17H19FO3/c1-4-12-5-7-16(17(9-12)20-3)21-15-8-6-13(11(2)19)10-14(15)18/h5-11,19H,4H2,1-3H3/t11-/m0/s1. The number of aliphatic hydroxyl groups is 1. The Labute approximate surface area is 124 Å². The van der Waals surface area contributed by atoms with E-state index in [0.717, 1.165) is 12.0 Å². The highest BCUT2D eigenvalue weighted by atomic mass is 19.1. The van der Waals surface area contributed by atoms with Crippen LogP contribution in [-0.2, 0) is 6.42 Å². The van der Waals surface area contributed by atoms with Crippen molar-refractivity contribution >= 4 is 0 Å². The van der Waals surface area contributed by atoms with Crippen LogP contribution in [0.4, 0.5) is 4.39 Å². The van der Waals surface area contributed by atoms with E-state index in [-0.39, 0.29) is 5.75 Å². The summed E-state index contributed by atoms with van der Waals surface area (Å²) in [7, 11) is 1.55. The second kappa shape index (κ2) is 6.59. The van der Waals surface area contributed by atoms with Crippen LogP contribution in [0.1, 0.15) is 31.1 Å². The number of hydrogen-bond donors (Lipinski definition) is 1. The summed E-state index contributed by atoms with van der Waals surface area (Å²) in [5, 5.41) is 9.44. The molecule has 21 heavy (non-hydrogen) atoms. The van der Waals surface area contributed by atoms with Gasteiger partial charge in [-0.15, -0.1) is 0 Å². The molecule has 112 valence electrons. The molecule has 0 unspecified atom stereocenters. The molecule has 0 saturated heterocycles. The number of aliphatic hydroxyl groups excluding tert-OH is 1. The Balaban J connectivity index is 2.29. The molecule has 2 rings (SSSR count). The van der Waals surface area contributed by atoms with E-state index in [1.54, 1.807) is 26.2 Å². The molecule has 1 atom stereocenters. The minimum atomic E-state index is -0.716. The molecule has 2 aromatic carbocycles. The molecule has 0 spiro atoms. The van der Waals surface area contributed by atoms with Gasteiger partial charge in [0.1, 0.15) is 0 Å². The SMILES string of the molecule is CCc1ccc(Oc2ccc([C@H](C)O)cc2F)c(OC)c1. The molecule has 0 aliphatic carbocycles. The first kappa shape index (κ1) is 15.3. The van der Waals surface area contributed by atoms with Crippen molar-refractivity contribution < 1.29 is 19.0 Å². The first-order valence-corrected chi connectivity index (χ1v) is 6.87. The first-order valence-electron chi connectivity index (χ1n) is 6.87. The third-order valence-electron chi connectivity index (χ3n) is 3.29. The monoisotopic (exact) mass is 290 g/mol. The van der Waals surface area contributed by atoms with E-state index in [2.05, 4.69) is 0 Å². The predicted octanol–water partition coefficient (Wildman–Crippen LogP) is 4.24. The van der Waals surface area contributed by atoms with E-state index in [1.165, 1.54) is 12.1 Å². The van der Waals surface area contributed by atoms with Crippen molar-refractivity contribution in [2.75, 3.05) is 7.11 Å². The van der Waals surface area contributed by atoms with Crippen LogP contribution in [0.2, 0.25) is 0 Å². The highest BCUT2D eigenvalue weighted by Gasteiger charge is 2.12. The number of ether oxygens (including phenoxy) is 2.